The topological polar surface area (TPSA) is 50.9 Å². The molecule has 1 aromatic rings. The van der Waals surface area contributed by atoms with Crippen molar-refractivity contribution in [2.75, 3.05) is 5.43 Å². The van der Waals surface area contributed by atoms with Crippen LogP contribution in [0.15, 0.2) is 12.3 Å². The molecule has 1 heterocycles. The molecule has 1 rings (SSSR count). The van der Waals surface area contributed by atoms with E-state index in [1.807, 2.05) is 0 Å². The van der Waals surface area contributed by atoms with Gasteiger partial charge in [-0.15, -0.1) is 0 Å². The maximum Gasteiger partial charge on any atom is 0.153 e. The lowest BCUT2D eigenvalue weighted by molar-refractivity contribution is 1.21. The van der Waals surface area contributed by atoms with Gasteiger partial charge < -0.3 is 5.43 Å². The molecule has 3 nitrogen and oxygen atoms in total. The number of hydrazine groups is 1. The smallest absolute Gasteiger partial charge is 0.153 e. The maximum atomic E-state index is 5.64. The number of pyridine rings is 1. The fourth-order valence-corrected chi connectivity index (χ4v) is 1.49. The number of hydrogen-bond acceptors (Lipinski definition) is 3. The molecule has 1 aromatic heterocycles. The number of nitrogens with one attached hydrogen (secondary N) is 1. The van der Waals surface area contributed by atoms with Crippen molar-refractivity contribution in [3.63, 3.8) is 0 Å². The molecule has 10 heavy (non-hydrogen) atoms. The lowest BCUT2D eigenvalue weighted by atomic mass is 10.5. The Kier molecular flexibility index (Phi) is 2.70. The molecule has 0 saturated heterocycles. The van der Waals surface area contributed by atoms with Gasteiger partial charge in [0.2, 0.25) is 0 Å². The van der Waals surface area contributed by atoms with Gasteiger partial charge in [0.1, 0.15) is 0 Å². The van der Waals surface area contributed by atoms with Gasteiger partial charge >= 0.3 is 0 Å². The molecule has 0 fully saturated rings. The van der Waals surface area contributed by atoms with Crippen LogP contribution in [0.2, 0.25) is 5.02 Å². The summed E-state index contributed by atoms with van der Waals surface area (Å²) in [7, 11) is 0. The second-order valence-corrected chi connectivity index (χ2v) is 3.23. The molecule has 0 saturated carbocycles. The second-order valence-electron chi connectivity index (χ2n) is 1.63. The zero-order valence-electron chi connectivity index (χ0n) is 4.94. The number of halogens is 2. The minimum absolute atomic E-state index is 0.614. The van der Waals surface area contributed by atoms with Gasteiger partial charge in [-0.25, -0.2) is 10.8 Å². The average Bonchev–Trinajstić information content (AvgIpc) is 1.88. The number of nitrogens with two attached hydrogens (primary N) is 1. The van der Waals surface area contributed by atoms with Crippen molar-refractivity contribution in [1.29, 1.82) is 0 Å². The van der Waals surface area contributed by atoms with E-state index in [1.165, 1.54) is 0 Å². The van der Waals surface area contributed by atoms with Gasteiger partial charge in [-0.3, -0.25) is 0 Å². The van der Waals surface area contributed by atoms with Crippen LogP contribution in [0.4, 0.5) is 5.82 Å². The monoisotopic (exact) mass is 269 g/mol. The highest BCUT2D eigenvalue weighted by Gasteiger charge is 1.97. The number of nitrogens with zero attached hydrogens (tertiary/aromatic N) is 1. The van der Waals surface area contributed by atoms with E-state index in [9.17, 15) is 0 Å². The maximum absolute atomic E-state index is 5.64. The van der Waals surface area contributed by atoms with Crippen LogP contribution in [-0.2, 0) is 0 Å². The molecule has 0 aliphatic heterocycles. The van der Waals surface area contributed by atoms with Gasteiger partial charge in [0.25, 0.3) is 0 Å². The van der Waals surface area contributed by atoms with Crippen molar-refractivity contribution < 1.29 is 0 Å². The molecule has 0 aliphatic rings. The summed E-state index contributed by atoms with van der Waals surface area (Å²) in [5.41, 5.74) is 2.45. The van der Waals surface area contributed by atoms with E-state index in [0.717, 1.165) is 3.57 Å². The third-order valence-corrected chi connectivity index (χ3v) is 1.97. The summed E-state index contributed by atoms with van der Waals surface area (Å²) in [6, 6.07) is 1.78. The first-order chi connectivity index (χ1) is 4.74. The summed E-state index contributed by atoms with van der Waals surface area (Å²) < 4.78 is 0.910. The normalized spacial score (nSPS) is 9.50. The molecule has 0 aliphatic carbocycles. The zero-order chi connectivity index (χ0) is 7.56. The molecule has 0 bridgehead atoms. The lowest BCUT2D eigenvalue weighted by Crippen LogP contribution is -2.09. The number of hydrogen-bond donors (Lipinski definition) is 2. The van der Waals surface area contributed by atoms with Gasteiger partial charge in [0.05, 0.1) is 8.59 Å². The van der Waals surface area contributed by atoms with E-state index < -0.39 is 0 Å². The lowest BCUT2D eigenvalue weighted by Gasteiger charge is -2.00. The molecule has 5 heteroatoms. The number of anilines is 1. The molecule has 54 valence electrons. The fourth-order valence-electron chi connectivity index (χ4n) is 0.521. The Morgan fingerprint density at radius 1 is 1.70 bits per heavy atom. The Morgan fingerprint density at radius 2 is 2.40 bits per heavy atom. The van der Waals surface area contributed by atoms with Crippen LogP contribution in [0.25, 0.3) is 0 Å². The van der Waals surface area contributed by atoms with Crippen LogP contribution in [0.5, 0.6) is 0 Å². The highest BCUT2D eigenvalue weighted by atomic mass is 127. The number of aromatic nitrogens is 1. The van der Waals surface area contributed by atoms with Crippen molar-refractivity contribution in [1.82, 2.24) is 4.98 Å². The molecule has 0 spiro atoms. The standard InChI is InChI=1S/C5H5ClIN3/c6-3-1-4(7)5(10-8)9-2-3/h1-2H,8H2,(H,9,10). The third kappa shape index (κ3) is 1.71. The van der Waals surface area contributed by atoms with E-state index in [2.05, 4.69) is 33.0 Å². The molecule has 0 atom stereocenters. The van der Waals surface area contributed by atoms with Crippen molar-refractivity contribution in [2.45, 2.75) is 0 Å². The molecule has 0 radical (unpaired) electrons. The first kappa shape index (κ1) is 8.03. The quantitative estimate of drug-likeness (QED) is 0.463. The van der Waals surface area contributed by atoms with Gasteiger partial charge in [0, 0.05) is 6.20 Å². The van der Waals surface area contributed by atoms with Crippen molar-refractivity contribution >= 4 is 40.0 Å². The highest BCUT2D eigenvalue weighted by molar-refractivity contribution is 14.1. The summed E-state index contributed by atoms with van der Waals surface area (Å²) in [4.78, 5) is 3.92. The van der Waals surface area contributed by atoms with E-state index in [0.29, 0.717) is 10.8 Å². The van der Waals surface area contributed by atoms with Gasteiger partial charge in [-0.2, -0.15) is 0 Å². The molecule has 3 N–H and O–H groups in total. The molecular weight excluding hydrogens is 264 g/mol. The number of nitrogen functional groups attached to an aromatic ring is 1. The first-order valence-electron chi connectivity index (χ1n) is 2.51. The molecule has 0 unspecified atom stereocenters. The second kappa shape index (κ2) is 3.36. The van der Waals surface area contributed by atoms with Crippen LogP contribution in [0.1, 0.15) is 0 Å². The summed E-state index contributed by atoms with van der Waals surface area (Å²) in [5, 5.41) is 0.614. The van der Waals surface area contributed by atoms with Crippen LogP contribution in [0.3, 0.4) is 0 Å². The first-order valence-corrected chi connectivity index (χ1v) is 3.97. The minimum Gasteiger partial charge on any atom is -0.308 e. The van der Waals surface area contributed by atoms with E-state index in [4.69, 9.17) is 17.4 Å². The van der Waals surface area contributed by atoms with Gasteiger partial charge in [-0.1, -0.05) is 11.6 Å². The summed E-state index contributed by atoms with van der Waals surface area (Å²) >= 11 is 7.73. The Morgan fingerprint density at radius 3 is 2.90 bits per heavy atom. The zero-order valence-corrected chi connectivity index (χ0v) is 7.85. The number of rotatable bonds is 1. The minimum atomic E-state index is 0.614. The van der Waals surface area contributed by atoms with Crippen LogP contribution in [-0.4, -0.2) is 4.98 Å². The van der Waals surface area contributed by atoms with Crippen molar-refractivity contribution in [3.8, 4) is 0 Å². The van der Waals surface area contributed by atoms with Crippen LogP contribution < -0.4 is 11.3 Å². The third-order valence-electron chi connectivity index (χ3n) is 0.945. The largest absolute Gasteiger partial charge is 0.308 e. The molecule has 0 amide bonds. The van der Waals surface area contributed by atoms with Crippen LogP contribution >= 0.6 is 34.2 Å². The summed E-state index contributed by atoms with van der Waals surface area (Å²) in [5.74, 6) is 5.78. The van der Waals surface area contributed by atoms with E-state index >= 15 is 0 Å². The van der Waals surface area contributed by atoms with Crippen molar-refractivity contribution in [3.05, 3.63) is 20.9 Å². The Bertz CT molecular complexity index is 240. The summed E-state index contributed by atoms with van der Waals surface area (Å²) in [6.07, 6.45) is 1.54. The van der Waals surface area contributed by atoms with E-state index in [1.54, 1.807) is 12.3 Å². The van der Waals surface area contributed by atoms with Gasteiger partial charge in [-0.05, 0) is 28.7 Å². The van der Waals surface area contributed by atoms with E-state index in [-0.39, 0.29) is 0 Å². The fraction of sp³-hybridized carbons (Fsp3) is 0. The molecular formula is C5H5ClIN3. The average molecular weight is 269 g/mol. The Labute approximate surface area is 77.1 Å². The predicted molar refractivity (Wildman–Crippen MR) is 49.8 cm³/mol. The van der Waals surface area contributed by atoms with Crippen molar-refractivity contribution in [2.24, 2.45) is 5.84 Å². The molecule has 0 aromatic carbocycles. The highest BCUT2D eigenvalue weighted by Crippen LogP contribution is 2.17. The van der Waals surface area contributed by atoms with Crippen LogP contribution in [0, 0.1) is 3.57 Å². The predicted octanol–water partition coefficient (Wildman–Crippen LogP) is 1.63. The Balaban J connectivity index is 3.07. The SMILES string of the molecule is NNc1ncc(Cl)cc1I. The van der Waals surface area contributed by atoms with Gasteiger partial charge in [0.15, 0.2) is 5.82 Å². The Hall–Kier alpha value is -0.0700. The summed E-state index contributed by atoms with van der Waals surface area (Å²) in [6.45, 7) is 0.